The lowest BCUT2D eigenvalue weighted by atomic mass is 9.93. The molecule has 7 heteroatoms. The molecule has 0 saturated heterocycles. The maximum atomic E-state index is 12.4. The molecule has 166 valence electrons. The largest absolute Gasteiger partial charge is 0.481 e. The SMILES string of the molecule is CC(C)CCCC(C)CCCC(C)CCP(=O)(O)CC(CCC(N)=O)C(=O)O. The van der Waals surface area contributed by atoms with Gasteiger partial charge in [0.2, 0.25) is 13.3 Å². The highest BCUT2D eigenvalue weighted by molar-refractivity contribution is 7.58. The van der Waals surface area contributed by atoms with Crippen LogP contribution in [0.4, 0.5) is 0 Å². The summed E-state index contributed by atoms with van der Waals surface area (Å²) in [6.45, 7) is 8.89. The van der Waals surface area contributed by atoms with Gasteiger partial charge in [0.15, 0.2) is 0 Å². The van der Waals surface area contributed by atoms with Crippen LogP contribution in [0.3, 0.4) is 0 Å². The Morgan fingerprint density at radius 2 is 1.39 bits per heavy atom. The Balaban J connectivity index is 4.16. The molecule has 0 aliphatic heterocycles. The summed E-state index contributed by atoms with van der Waals surface area (Å²) in [7, 11) is -3.52. The zero-order chi connectivity index (χ0) is 21.7. The van der Waals surface area contributed by atoms with Crippen LogP contribution in [0.1, 0.15) is 85.5 Å². The minimum Gasteiger partial charge on any atom is -0.481 e. The van der Waals surface area contributed by atoms with Gasteiger partial charge in [-0.1, -0.05) is 66.2 Å². The molecular formula is C21H42NO5P. The van der Waals surface area contributed by atoms with Crippen molar-refractivity contribution in [3.05, 3.63) is 0 Å². The third kappa shape index (κ3) is 15.1. The quantitative estimate of drug-likeness (QED) is 0.290. The second-order valence-electron chi connectivity index (χ2n) is 9.05. The molecule has 4 unspecified atom stereocenters. The van der Waals surface area contributed by atoms with Crippen LogP contribution in [0.2, 0.25) is 0 Å². The molecule has 0 aliphatic rings. The molecule has 0 spiro atoms. The van der Waals surface area contributed by atoms with Gasteiger partial charge in [-0.2, -0.15) is 0 Å². The fourth-order valence-corrected chi connectivity index (χ4v) is 5.50. The summed E-state index contributed by atoms with van der Waals surface area (Å²) >= 11 is 0. The Bertz CT molecular complexity index is 509. The Morgan fingerprint density at radius 3 is 1.86 bits per heavy atom. The van der Waals surface area contributed by atoms with Gasteiger partial charge in [-0.3, -0.25) is 14.2 Å². The van der Waals surface area contributed by atoms with Gasteiger partial charge in [-0.25, -0.2) is 0 Å². The molecule has 4 atom stereocenters. The first-order chi connectivity index (χ1) is 12.9. The highest BCUT2D eigenvalue weighted by Gasteiger charge is 2.29. The first-order valence-electron chi connectivity index (χ1n) is 10.7. The summed E-state index contributed by atoms with van der Waals surface area (Å²) in [6, 6.07) is 0. The highest BCUT2D eigenvalue weighted by atomic mass is 31.2. The normalized spacial score (nSPS) is 17.1. The van der Waals surface area contributed by atoms with Crippen molar-refractivity contribution in [2.75, 3.05) is 12.3 Å². The summed E-state index contributed by atoms with van der Waals surface area (Å²) in [6.07, 6.45) is 7.57. The number of amides is 1. The van der Waals surface area contributed by atoms with E-state index < -0.39 is 25.2 Å². The van der Waals surface area contributed by atoms with Crippen molar-refractivity contribution in [1.29, 1.82) is 0 Å². The van der Waals surface area contributed by atoms with Gasteiger partial charge in [0, 0.05) is 18.7 Å². The number of aliphatic carboxylic acids is 1. The Hall–Kier alpha value is -0.870. The second-order valence-corrected chi connectivity index (χ2v) is 11.6. The van der Waals surface area contributed by atoms with Gasteiger partial charge in [0.1, 0.15) is 0 Å². The molecule has 6 nitrogen and oxygen atoms in total. The van der Waals surface area contributed by atoms with Crippen molar-refractivity contribution >= 4 is 19.2 Å². The van der Waals surface area contributed by atoms with E-state index in [-0.39, 0.29) is 25.2 Å². The minimum atomic E-state index is -3.52. The predicted octanol–water partition coefficient (Wildman–Crippen LogP) is 4.88. The average Bonchev–Trinajstić information content (AvgIpc) is 2.56. The van der Waals surface area contributed by atoms with Crippen LogP contribution in [-0.2, 0) is 14.2 Å². The second kappa shape index (κ2) is 14.2. The van der Waals surface area contributed by atoms with E-state index in [9.17, 15) is 24.2 Å². The highest BCUT2D eigenvalue weighted by Crippen LogP contribution is 2.45. The molecule has 0 aromatic heterocycles. The number of nitrogens with two attached hydrogens (primary N) is 1. The number of hydrogen-bond acceptors (Lipinski definition) is 3. The van der Waals surface area contributed by atoms with E-state index in [1.807, 2.05) is 0 Å². The lowest BCUT2D eigenvalue weighted by Gasteiger charge is -2.19. The molecule has 0 radical (unpaired) electrons. The summed E-state index contributed by atoms with van der Waals surface area (Å²) in [5.74, 6) is -0.905. The van der Waals surface area contributed by atoms with Crippen molar-refractivity contribution in [3.63, 3.8) is 0 Å². The van der Waals surface area contributed by atoms with E-state index in [0.717, 1.165) is 24.7 Å². The van der Waals surface area contributed by atoms with E-state index in [1.54, 1.807) is 0 Å². The van der Waals surface area contributed by atoms with Gasteiger partial charge in [0.05, 0.1) is 5.92 Å². The Kier molecular flexibility index (Phi) is 13.7. The molecule has 0 aromatic carbocycles. The number of carboxylic acid groups (broad SMARTS) is 1. The number of carbonyl (C=O) groups excluding carboxylic acids is 1. The van der Waals surface area contributed by atoms with E-state index in [4.69, 9.17) is 5.73 Å². The predicted molar refractivity (Wildman–Crippen MR) is 115 cm³/mol. The number of carbonyl (C=O) groups is 2. The number of primary amides is 1. The molecule has 0 fully saturated rings. The van der Waals surface area contributed by atoms with E-state index >= 15 is 0 Å². The molecule has 28 heavy (non-hydrogen) atoms. The van der Waals surface area contributed by atoms with Gasteiger partial charge in [-0.05, 0) is 30.6 Å². The lowest BCUT2D eigenvalue weighted by Crippen LogP contribution is -2.22. The summed E-state index contributed by atoms with van der Waals surface area (Å²) < 4.78 is 12.4. The third-order valence-electron chi connectivity index (χ3n) is 5.44. The zero-order valence-electron chi connectivity index (χ0n) is 18.2. The minimum absolute atomic E-state index is 0.0134. The lowest BCUT2D eigenvalue weighted by molar-refractivity contribution is -0.141. The van der Waals surface area contributed by atoms with Gasteiger partial charge in [-0.15, -0.1) is 0 Å². The zero-order valence-corrected chi connectivity index (χ0v) is 19.1. The summed E-state index contributed by atoms with van der Waals surface area (Å²) in [4.78, 5) is 32.3. The Labute approximate surface area is 171 Å². The molecule has 0 heterocycles. The third-order valence-corrected chi connectivity index (χ3v) is 7.41. The maximum Gasteiger partial charge on any atom is 0.307 e. The number of carboxylic acids is 1. The first-order valence-corrected chi connectivity index (χ1v) is 12.8. The van der Waals surface area contributed by atoms with Crippen LogP contribution in [0.15, 0.2) is 0 Å². The molecule has 0 saturated carbocycles. The molecule has 0 bridgehead atoms. The molecule has 0 rings (SSSR count). The smallest absolute Gasteiger partial charge is 0.307 e. The van der Waals surface area contributed by atoms with Crippen molar-refractivity contribution in [1.82, 2.24) is 0 Å². The summed E-state index contributed by atoms with van der Waals surface area (Å²) in [5.41, 5.74) is 5.05. The van der Waals surface area contributed by atoms with Crippen LogP contribution < -0.4 is 5.73 Å². The van der Waals surface area contributed by atoms with Crippen molar-refractivity contribution in [2.24, 2.45) is 29.4 Å². The van der Waals surface area contributed by atoms with Gasteiger partial charge >= 0.3 is 5.97 Å². The number of hydrogen-bond donors (Lipinski definition) is 3. The first kappa shape index (κ1) is 27.1. The molecule has 0 aliphatic carbocycles. The average molecular weight is 420 g/mol. The van der Waals surface area contributed by atoms with E-state index in [0.29, 0.717) is 12.3 Å². The fourth-order valence-electron chi connectivity index (χ4n) is 3.45. The van der Waals surface area contributed by atoms with Crippen molar-refractivity contribution < 1.29 is 24.2 Å². The van der Waals surface area contributed by atoms with E-state index in [1.165, 1.54) is 25.7 Å². The van der Waals surface area contributed by atoms with Crippen LogP contribution in [0, 0.1) is 23.7 Å². The van der Waals surface area contributed by atoms with Gasteiger partial charge < -0.3 is 15.7 Å². The van der Waals surface area contributed by atoms with Crippen molar-refractivity contribution in [2.45, 2.75) is 85.5 Å². The van der Waals surface area contributed by atoms with E-state index in [2.05, 4.69) is 27.7 Å². The molecule has 4 N–H and O–H groups in total. The maximum absolute atomic E-state index is 12.4. The molecular weight excluding hydrogens is 377 g/mol. The molecule has 0 aromatic rings. The fraction of sp³-hybridized carbons (Fsp3) is 0.905. The van der Waals surface area contributed by atoms with Crippen LogP contribution in [-0.4, -0.2) is 34.2 Å². The van der Waals surface area contributed by atoms with Crippen LogP contribution in [0.25, 0.3) is 0 Å². The van der Waals surface area contributed by atoms with Gasteiger partial charge in [0.25, 0.3) is 0 Å². The molecule has 1 amide bonds. The standard InChI is InChI=1S/C21H42NO5P/c1-16(2)7-5-8-17(3)9-6-10-18(4)13-14-28(26,27)15-19(21(24)25)11-12-20(22)23/h16-19H,5-15H2,1-4H3,(H2,22,23)(H,24,25)(H,26,27). The topological polar surface area (TPSA) is 118 Å². The monoisotopic (exact) mass is 419 g/mol. The summed E-state index contributed by atoms with van der Waals surface area (Å²) in [5, 5.41) is 9.20. The van der Waals surface area contributed by atoms with Crippen LogP contribution in [0.5, 0.6) is 0 Å². The number of rotatable bonds is 17. The Morgan fingerprint density at radius 1 is 0.893 bits per heavy atom. The van der Waals surface area contributed by atoms with Crippen LogP contribution >= 0.6 is 7.37 Å². The van der Waals surface area contributed by atoms with Crippen molar-refractivity contribution in [3.8, 4) is 0 Å².